The molecule has 0 aliphatic carbocycles. The zero-order chi connectivity index (χ0) is 28.5. The van der Waals surface area contributed by atoms with Gasteiger partial charge in [-0.3, -0.25) is 0 Å². The topological polar surface area (TPSA) is 59.5 Å². The number of methoxy groups -OCH3 is 1. The molecule has 0 bridgehead atoms. The van der Waals surface area contributed by atoms with Crippen LogP contribution in [0.5, 0.6) is 11.5 Å². The average Bonchev–Trinajstić information content (AvgIpc) is 2.94. The third kappa shape index (κ3) is 8.22. The Morgan fingerprint density at radius 2 is 1.70 bits per heavy atom. The van der Waals surface area contributed by atoms with Gasteiger partial charge in [0, 0.05) is 17.5 Å². The van der Waals surface area contributed by atoms with E-state index in [0.717, 1.165) is 24.3 Å². The molecule has 2 heterocycles. The van der Waals surface area contributed by atoms with Gasteiger partial charge in [0.2, 0.25) is 0 Å². The van der Waals surface area contributed by atoms with Crippen LogP contribution in [0.3, 0.4) is 0 Å². The molecule has 0 unspecified atom stereocenters. The lowest BCUT2D eigenvalue weighted by Crippen LogP contribution is -2.30. The Kier molecular flexibility index (Phi) is 10.5. The van der Waals surface area contributed by atoms with Crippen LogP contribution in [0.2, 0.25) is 0 Å². The van der Waals surface area contributed by atoms with Crippen molar-refractivity contribution < 1.29 is 22.6 Å². The maximum Gasteiger partial charge on any atom is 0.416 e. The maximum absolute atomic E-state index is 13.2. The van der Waals surface area contributed by atoms with Gasteiger partial charge in [-0.25, -0.2) is 9.97 Å². The lowest BCUT2D eigenvalue weighted by Gasteiger charge is -2.26. The number of fused-ring (bicyclic) bond motifs is 1. The average molecular weight is 559 g/mol. The van der Waals surface area contributed by atoms with Crippen molar-refractivity contribution >= 4 is 16.7 Å². The minimum Gasteiger partial charge on any atom is -0.493 e. The second kappa shape index (κ2) is 14.0. The van der Waals surface area contributed by atoms with Crippen LogP contribution in [0.15, 0.2) is 36.4 Å². The number of anilines is 1. The molecule has 1 aliphatic heterocycles. The number of ether oxygens (including phenoxy) is 2. The molecule has 1 fully saturated rings. The third-order valence-corrected chi connectivity index (χ3v) is 7.49. The van der Waals surface area contributed by atoms with Gasteiger partial charge in [-0.2, -0.15) is 13.2 Å². The first kappa shape index (κ1) is 29.9. The van der Waals surface area contributed by atoms with E-state index in [4.69, 9.17) is 9.47 Å². The van der Waals surface area contributed by atoms with Crippen LogP contribution in [0.4, 0.5) is 19.0 Å². The number of hydrogen-bond donors (Lipinski definition) is 1. The molecule has 0 spiro atoms. The molecular weight excluding hydrogens is 517 g/mol. The zero-order valence-electron chi connectivity index (χ0n) is 23.8. The Labute approximate surface area is 235 Å². The molecule has 4 rings (SSSR count). The van der Waals surface area contributed by atoms with E-state index >= 15 is 0 Å². The summed E-state index contributed by atoms with van der Waals surface area (Å²) in [5.74, 6) is 2.27. The molecule has 1 N–H and O–H groups in total. The van der Waals surface area contributed by atoms with Crippen molar-refractivity contribution in [3.63, 3.8) is 0 Å². The molecule has 9 heteroatoms. The summed E-state index contributed by atoms with van der Waals surface area (Å²) < 4.78 is 51.4. The fourth-order valence-electron chi connectivity index (χ4n) is 5.24. The Balaban J connectivity index is 1.37. The van der Waals surface area contributed by atoms with Gasteiger partial charge in [0.05, 0.1) is 24.8 Å². The van der Waals surface area contributed by atoms with Crippen LogP contribution in [-0.4, -0.2) is 48.2 Å². The van der Waals surface area contributed by atoms with Crippen LogP contribution in [0, 0.1) is 6.92 Å². The van der Waals surface area contributed by atoms with Crippen LogP contribution >= 0.6 is 0 Å². The summed E-state index contributed by atoms with van der Waals surface area (Å²) in [6.07, 6.45) is 5.42. The highest BCUT2D eigenvalue weighted by molar-refractivity contribution is 5.92. The van der Waals surface area contributed by atoms with Gasteiger partial charge in [-0.05, 0) is 82.9 Å². The number of aryl methyl sites for hydroxylation is 1. The number of benzene rings is 2. The number of hydrogen-bond acceptors (Lipinski definition) is 6. The Hall–Kier alpha value is -3.07. The van der Waals surface area contributed by atoms with Gasteiger partial charge in [-0.15, -0.1) is 0 Å². The first-order valence-electron chi connectivity index (χ1n) is 14.4. The summed E-state index contributed by atoms with van der Waals surface area (Å²) in [6, 6.07) is 8.60. The van der Waals surface area contributed by atoms with E-state index in [0.29, 0.717) is 40.8 Å². The van der Waals surface area contributed by atoms with Crippen molar-refractivity contribution in [2.75, 3.05) is 38.7 Å². The molecule has 40 heavy (non-hydrogen) atoms. The number of alkyl halides is 3. The van der Waals surface area contributed by atoms with Crippen molar-refractivity contribution in [3.05, 3.63) is 53.3 Å². The second-order valence-electron chi connectivity index (χ2n) is 10.6. The number of likely N-dealkylation sites (tertiary alicyclic amines) is 1. The Morgan fingerprint density at radius 3 is 2.45 bits per heavy atom. The molecule has 1 aliphatic rings. The van der Waals surface area contributed by atoms with Gasteiger partial charge in [0.1, 0.15) is 11.6 Å². The molecule has 0 saturated carbocycles. The molecule has 3 aromatic rings. The van der Waals surface area contributed by atoms with E-state index in [2.05, 4.69) is 20.2 Å². The first-order chi connectivity index (χ1) is 19.2. The van der Waals surface area contributed by atoms with Crippen molar-refractivity contribution in [1.82, 2.24) is 14.9 Å². The molecule has 6 nitrogen and oxygen atoms in total. The fraction of sp³-hybridized carbons (Fsp3) is 0.548. The predicted molar refractivity (Wildman–Crippen MR) is 153 cm³/mol. The lowest BCUT2D eigenvalue weighted by atomic mass is 10.0. The minimum atomic E-state index is -4.40. The normalized spacial score (nSPS) is 15.2. The summed E-state index contributed by atoms with van der Waals surface area (Å²) in [7, 11) is 1.60. The number of aromatic nitrogens is 2. The van der Waals surface area contributed by atoms with Crippen LogP contribution < -0.4 is 14.8 Å². The van der Waals surface area contributed by atoms with Crippen molar-refractivity contribution in [2.45, 2.75) is 77.4 Å². The fourth-order valence-corrected chi connectivity index (χ4v) is 5.24. The summed E-state index contributed by atoms with van der Waals surface area (Å²) in [5, 5.41) is 4.01. The van der Waals surface area contributed by atoms with E-state index in [1.807, 2.05) is 19.1 Å². The highest BCUT2D eigenvalue weighted by atomic mass is 19.4. The minimum absolute atomic E-state index is 0.416. The number of rotatable bonds is 13. The summed E-state index contributed by atoms with van der Waals surface area (Å²) in [5.41, 5.74) is 0.508. The van der Waals surface area contributed by atoms with Gasteiger partial charge in [-0.1, -0.05) is 37.8 Å². The quantitative estimate of drug-likeness (QED) is 0.215. The van der Waals surface area contributed by atoms with Crippen molar-refractivity contribution in [2.24, 2.45) is 0 Å². The lowest BCUT2D eigenvalue weighted by molar-refractivity contribution is -0.137. The van der Waals surface area contributed by atoms with Gasteiger partial charge in [0.25, 0.3) is 0 Å². The van der Waals surface area contributed by atoms with E-state index in [1.165, 1.54) is 70.3 Å². The van der Waals surface area contributed by atoms with E-state index in [1.54, 1.807) is 20.1 Å². The number of halogens is 3. The van der Waals surface area contributed by atoms with Gasteiger partial charge < -0.3 is 19.7 Å². The van der Waals surface area contributed by atoms with Crippen LogP contribution in [0.1, 0.15) is 81.3 Å². The maximum atomic E-state index is 13.2. The molecule has 1 atom stereocenters. The van der Waals surface area contributed by atoms with Crippen LogP contribution in [-0.2, 0) is 6.18 Å². The molecule has 1 aromatic heterocycles. The van der Waals surface area contributed by atoms with E-state index in [9.17, 15) is 13.2 Å². The largest absolute Gasteiger partial charge is 0.493 e. The van der Waals surface area contributed by atoms with Gasteiger partial charge in [0.15, 0.2) is 11.5 Å². The third-order valence-electron chi connectivity index (χ3n) is 7.49. The van der Waals surface area contributed by atoms with E-state index in [-0.39, 0.29) is 0 Å². The Morgan fingerprint density at radius 1 is 0.950 bits per heavy atom. The highest BCUT2D eigenvalue weighted by Gasteiger charge is 2.30. The first-order valence-corrected chi connectivity index (χ1v) is 14.4. The van der Waals surface area contributed by atoms with Crippen LogP contribution in [0.25, 0.3) is 10.9 Å². The highest BCUT2D eigenvalue weighted by Crippen LogP contribution is 2.36. The predicted octanol–water partition coefficient (Wildman–Crippen LogP) is 7.95. The molecule has 2 aromatic carbocycles. The number of unbranched alkanes of at least 4 members (excludes halogenated alkanes) is 4. The monoisotopic (exact) mass is 558 g/mol. The summed E-state index contributed by atoms with van der Waals surface area (Å²) >= 11 is 0. The molecule has 0 radical (unpaired) electrons. The van der Waals surface area contributed by atoms with Gasteiger partial charge >= 0.3 is 6.18 Å². The summed E-state index contributed by atoms with van der Waals surface area (Å²) in [4.78, 5) is 11.7. The number of nitrogens with one attached hydrogen (secondary N) is 1. The standard InChI is InChI=1S/C31H41F3N4O2/c1-22(24-13-12-14-25(19-24)31(32,33)34)35-30-26-20-29(28(39-3)21-27(26)36-23(2)37-30)40-18-11-6-4-5-8-15-38-16-9-7-10-17-38/h12-14,19-22H,4-11,15-18H2,1-3H3,(H,35,36,37)/t22-/m1/s1. The SMILES string of the molecule is COc1cc2nc(C)nc(N[C@H](C)c3cccc(C(F)(F)F)c3)c2cc1OCCCCCCCN1CCCCC1. The zero-order valence-corrected chi connectivity index (χ0v) is 23.8. The van der Waals surface area contributed by atoms with Crippen molar-refractivity contribution in [1.29, 1.82) is 0 Å². The number of piperidine rings is 1. The second-order valence-corrected chi connectivity index (χ2v) is 10.6. The van der Waals surface area contributed by atoms with E-state index < -0.39 is 17.8 Å². The molecule has 218 valence electrons. The summed E-state index contributed by atoms with van der Waals surface area (Å²) in [6.45, 7) is 7.90. The number of nitrogens with zero attached hydrogens (tertiary/aromatic N) is 3. The van der Waals surface area contributed by atoms with Crippen molar-refractivity contribution in [3.8, 4) is 11.5 Å². The molecular formula is C31H41F3N4O2. The molecule has 0 amide bonds. The molecule has 1 saturated heterocycles. The Bertz CT molecular complexity index is 1250. The smallest absolute Gasteiger partial charge is 0.416 e.